The quantitative estimate of drug-likeness (QED) is 0.171. The summed E-state index contributed by atoms with van der Waals surface area (Å²) in [4.78, 5) is 28.0. The SMILES string of the molecule is CCOc1cccc2c1OCCOc1c(cccc1OCC)/C=C1\CCC(=Cc3cccc(OCC)c3OCCOc3c(cccc3OCC)/C=C3\CCC(=C2)C3=O)C1=O. The smallest absolute Gasteiger partial charge is 0.185 e. The Morgan fingerprint density at radius 2 is 0.617 bits per heavy atom. The highest BCUT2D eigenvalue weighted by Crippen LogP contribution is 2.41. The second-order valence-corrected chi connectivity index (χ2v) is 14.2. The second kappa shape index (κ2) is 20.0. The fraction of sp³-hybridized carbons (Fsp3) is 0.320. The minimum atomic E-state index is -0.0422. The third-order valence-electron chi connectivity index (χ3n) is 10.2. The van der Waals surface area contributed by atoms with Crippen LogP contribution >= 0.6 is 0 Å². The van der Waals surface area contributed by atoms with E-state index < -0.39 is 0 Å². The summed E-state index contributed by atoms with van der Waals surface area (Å²) in [5.41, 5.74) is 5.58. The van der Waals surface area contributed by atoms with E-state index in [9.17, 15) is 9.59 Å². The number of ether oxygens (including phenoxy) is 8. The average molecular weight is 813 g/mol. The number of allylic oxidation sites excluding steroid dienone is 4. The summed E-state index contributed by atoms with van der Waals surface area (Å²) in [5, 5.41) is 0. The molecule has 0 saturated heterocycles. The van der Waals surface area contributed by atoms with Crippen LogP contribution in [0.4, 0.5) is 0 Å². The van der Waals surface area contributed by atoms with Gasteiger partial charge in [-0.25, -0.2) is 0 Å². The Morgan fingerprint density at radius 3 is 0.833 bits per heavy atom. The lowest BCUT2D eigenvalue weighted by Crippen LogP contribution is -2.12. The van der Waals surface area contributed by atoms with Crippen LogP contribution < -0.4 is 37.9 Å². The van der Waals surface area contributed by atoms with E-state index in [1.165, 1.54) is 0 Å². The maximum absolute atomic E-state index is 14.0. The topological polar surface area (TPSA) is 108 Å². The van der Waals surface area contributed by atoms with Crippen LogP contribution in [-0.4, -0.2) is 64.4 Å². The minimum absolute atomic E-state index is 0.0422. The molecule has 10 nitrogen and oxygen atoms in total. The summed E-state index contributed by atoms with van der Waals surface area (Å²) in [6.45, 7) is 10.1. The summed E-state index contributed by atoms with van der Waals surface area (Å²) in [6.07, 6.45) is 9.82. The van der Waals surface area contributed by atoms with Crippen LogP contribution in [0.15, 0.2) is 95.1 Å². The maximum Gasteiger partial charge on any atom is 0.185 e. The Morgan fingerprint density at radius 1 is 0.383 bits per heavy atom. The Balaban J connectivity index is 1.29. The van der Waals surface area contributed by atoms with E-state index >= 15 is 0 Å². The van der Waals surface area contributed by atoms with Gasteiger partial charge in [-0.1, -0.05) is 48.5 Å². The number of benzene rings is 4. The molecule has 1 aliphatic heterocycles. The Labute approximate surface area is 352 Å². The van der Waals surface area contributed by atoms with Gasteiger partial charge in [-0.05, 0) is 102 Å². The van der Waals surface area contributed by atoms with Gasteiger partial charge in [-0.15, -0.1) is 0 Å². The van der Waals surface area contributed by atoms with Crippen molar-refractivity contribution in [3.05, 3.63) is 117 Å². The standard InChI is InChI=1S/C50H52O10/c1-5-53-41-17-9-13-37-29-33-21-22-34(45(33)51)30-39-15-11-19-43(55-7-3)49(39)59-27-28-60-50-40(16-12-20-44(50)56-8-4)32-36-24-23-35(46(36)52)31-38-14-10-18-42(54-6-2)48(38)58-26-25-57-47(37)41/h9-20,29-32H,5-8,21-28H2,1-4H3/b33-29+,34-30?,35-31?,36-32+. The molecule has 2 aliphatic carbocycles. The monoisotopic (exact) mass is 812 g/mol. The first-order chi connectivity index (χ1) is 29.4. The van der Waals surface area contributed by atoms with E-state index in [-0.39, 0.29) is 38.0 Å². The summed E-state index contributed by atoms with van der Waals surface area (Å²) in [7, 11) is 0. The molecule has 0 atom stereocenters. The molecule has 7 rings (SSSR count). The normalized spacial score (nSPS) is 17.5. The molecule has 0 unspecified atom stereocenters. The number of para-hydroxylation sites is 4. The van der Waals surface area contributed by atoms with Crippen molar-refractivity contribution in [2.45, 2.75) is 53.4 Å². The number of hydrogen-bond donors (Lipinski definition) is 0. The third-order valence-corrected chi connectivity index (χ3v) is 10.2. The first-order valence-corrected chi connectivity index (χ1v) is 20.9. The summed E-state index contributed by atoms with van der Waals surface area (Å²) >= 11 is 0. The Kier molecular flexibility index (Phi) is 13.9. The van der Waals surface area contributed by atoms with Gasteiger partial charge in [0.2, 0.25) is 0 Å². The van der Waals surface area contributed by atoms with Crippen molar-refractivity contribution < 1.29 is 47.5 Å². The van der Waals surface area contributed by atoms with Crippen molar-refractivity contribution in [1.29, 1.82) is 0 Å². The fourth-order valence-corrected chi connectivity index (χ4v) is 7.56. The van der Waals surface area contributed by atoms with Crippen LogP contribution in [0.5, 0.6) is 46.0 Å². The predicted molar refractivity (Wildman–Crippen MR) is 233 cm³/mol. The number of ketones is 2. The molecule has 2 saturated carbocycles. The van der Waals surface area contributed by atoms with Crippen molar-refractivity contribution in [2.24, 2.45) is 0 Å². The van der Waals surface area contributed by atoms with Gasteiger partial charge in [0.05, 0.1) is 26.4 Å². The highest BCUT2D eigenvalue weighted by molar-refractivity contribution is 6.16. The van der Waals surface area contributed by atoms with Gasteiger partial charge in [0, 0.05) is 44.5 Å². The van der Waals surface area contributed by atoms with Gasteiger partial charge >= 0.3 is 0 Å². The van der Waals surface area contributed by atoms with Gasteiger partial charge in [-0.3, -0.25) is 9.59 Å². The van der Waals surface area contributed by atoms with Crippen LogP contribution in [0.3, 0.4) is 0 Å². The van der Waals surface area contributed by atoms with E-state index in [0.717, 1.165) is 22.3 Å². The van der Waals surface area contributed by atoms with E-state index in [2.05, 4.69) is 0 Å². The average Bonchev–Trinajstić information content (AvgIpc) is 3.76. The third kappa shape index (κ3) is 9.54. The molecule has 2 fully saturated rings. The molecule has 0 amide bonds. The van der Waals surface area contributed by atoms with Gasteiger partial charge in [0.1, 0.15) is 26.4 Å². The lowest BCUT2D eigenvalue weighted by atomic mass is 10.0. The lowest BCUT2D eigenvalue weighted by Gasteiger charge is -2.17. The second-order valence-electron chi connectivity index (χ2n) is 14.2. The molecular formula is C50H52O10. The summed E-state index contributed by atoms with van der Waals surface area (Å²) in [5.74, 6) is 4.29. The molecule has 4 aromatic carbocycles. The number of carbonyl (C=O) groups is 2. The Bertz CT molecular complexity index is 2010. The molecule has 0 N–H and O–H groups in total. The lowest BCUT2D eigenvalue weighted by molar-refractivity contribution is -0.112. The van der Waals surface area contributed by atoms with Crippen molar-refractivity contribution >= 4 is 35.9 Å². The van der Waals surface area contributed by atoms with Crippen LogP contribution in [-0.2, 0) is 9.59 Å². The van der Waals surface area contributed by atoms with E-state index in [1.807, 2.05) is 125 Å². The van der Waals surface area contributed by atoms with Crippen molar-refractivity contribution in [1.82, 2.24) is 0 Å². The zero-order valence-electron chi connectivity index (χ0n) is 34.8. The number of hydrogen-bond acceptors (Lipinski definition) is 10. The number of carbonyl (C=O) groups excluding carboxylic acids is 2. The number of rotatable bonds is 8. The Hall–Kier alpha value is -6.42. The molecule has 4 bridgehead atoms. The largest absolute Gasteiger partial charge is 0.490 e. The van der Waals surface area contributed by atoms with Gasteiger partial charge in [0.15, 0.2) is 57.6 Å². The van der Waals surface area contributed by atoms with Crippen molar-refractivity contribution in [2.75, 3.05) is 52.9 Å². The van der Waals surface area contributed by atoms with Gasteiger partial charge in [0.25, 0.3) is 0 Å². The maximum atomic E-state index is 14.0. The van der Waals surface area contributed by atoms with E-state index in [4.69, 9.17) is 37.9 Å². The minimum Gasteiger partial charge on any atom is -0.490 e. The molecule has 10 heteroatoms. The van der Waals surface area contributed by atoms with Crippen LogP contribution in [0, 0.1) is 0 Å². The zero-order valence-corrected chi connectivity index (χ0v) is 34.8. The molecule has 60 heavy (non-hydrogen) atoms. The summed E-state index contributed by atoms with van der Waals surface area (Å²) in [6, 6.07) is 22.6. The molecule has 0 radical (unpaired) electrons. The highest BCUT2D eigenvalue weighted by Gasteiger charge is 2.27. The van der Waals surface area contributed by atoms with Crippen LogP contribution in [0.2, 0.25) is 0 Å². The molecule has 4 aromatic rings. The van der Waals surface area contributed by atoms with Crippen molar-refractivity contribution in [3.8, 4) is 46.0 Å². The first-order valence-electron chi connectivity index (χ1n) is 20.9. The summed E-state index contributed by atoms with van der Waals surface area (Å²) < 4.78 is 49.5. The predicted octanol–water partition coefficient (Wildman–Crippen LogP) is 10.2. The van der Waals surface area contributed by atoms with E-state index in [1.54, 1.807) is 0 Å². The van der Waals surface area contributed by atoms with Gasteiger partial charge < -0.3 is 37.9 Å². The van der Waals surface area contributed by atoms with Crippen LogP contribution in [0.25, 0.3) is 24.3 Å². The number of Topliss-reactive ketones (excluding diaryl/α,β-unsaturated/α-hetero) is 2. The molecule has 1 heterocycles. The molecular weight excluding hydrogens is 761 g/mol. The molecule has 0 aromatic heterocycles. The fourth-order valence-electron chi connectivity index (χ4n) is 7.56. The van der Waals surface area contributed by atoms with Gasteiger partial charge in [-0.2, -0.15) is 0 Å². The number of fused-ring (bicyclic) bond motifs is 8. The van der Waals surface area contributed by atoms with E-state index in [0.29, 0.717) is 120 Å². The molecule has 0 spiro atoms. The molecule has 3 aliphatic rings. The van der Waals surface area contributed by atoms with Crippen molar-refractivity contribution in [3.63, 3.8) is 0 Å². The first kappa shape index (κ1) is 41.7. The van der Waals surface area contributed by atoms with Crippen LogP contribution in [0.1, 0.15) is 75.6 Å². The highest BCUT2D eigenvalue weighted by atomic mass is 16.6. The zero-order chi connectivity index (χ0) is 41.8. The molecule has 312 valence electrons.